The Balaban J connectivity index is 2.06. The lowest BCUT2D eigenvalue weighted by molar-refractivity contribution is 0.178. The van der Waals surface area contributed by atoms with E-state index in [2.05, 4.69) is 4.98 Å². The molecule has 4 heteroatoms. The lowest BCUT2D eigenvalue weighted by Gasteiger charge is -2.14. The van der Waals surface area contributed by atoms with Crippen LogP contribution in [0.3, 0.4) is 0 Å². The minimum atomic E-state index is -0.480. The summed E-state index contributed by atoms with van der Waals surface area (Å²) in [5.41, 5.74) is 3.09. The van der Waals surface area contributed by atoms with Gasteiger partial charge in [0.1, 0.15) is 0 Å². The fraction of sp³-hybridized carbons (Fsp3) is 0.357. The summed E-state index contributed by atoms with van der Waals surface area (Å²) in [6.45, 7) is 1.97. The molecule has 18 heavy (non-hydrogen) atoms. The first kappa shape index (κ1) is 13.1. The zero-order chi connectivity index (χ0) is 13.1. The Labute approximate surface area is 112 Å². The summed E-state index contributed by atoms with van der Waals surface area (Å²) < 4.78 is 0. The van der Waals surface area contributed by atoms with Crippen molar-refractivity contribution in [1.29, 1.82) is 0 Å². The van der Waals surface area contributed by atoms with Crippen molar-refractivity contribution in [1.82, 2.24) is 4.98 Å². The second kappa shape index (κ2) is 5.50. The molecule has 1 aromatic heterocycles. The molecule has 2 rings (SSSR count). The zero-order valence-electron chi connectivity index (χ0n) is 10.9. The summed E-state index contributed by atoms with van der Waals surface area (Å²) in [5.74, 6) is 0. The van der Waals surface area contributed by atoms with Crippen molar-refractivity contribution in [3.63, 3.8) is 0 Å². The van der Waals surface area contributed by atoms with E-state index in [9.17, 15) is 5.11 Å². The van der Waals surface area contributed by atoms with Crippen molar-refractivity contribution >= 4 is 17.0 Å². The fourth-order valence-electron chi connectivity index (χ4n) is 1.77. The summed E-state index contributed by atoms with van der Waals surface area (Å²) in [7, 11) is 4.01. The summed E-state index contributed by atoms with van der Waals surface area (Å²) >= 11 is 1.60. The van der Waals surface area contributed by atoms with Crippen molar-refractivity contribution in [2.24, 2.45) is 0 Å². The number of aliphatic hydroxyl groups is 1. The Bertz CT molecular complexity index is 505. The lowest BCUT2D eigenvalue weighted by Crippen LogP contribution is -2.09. The van der Waals surface area contributed by atoms with Crippen molar-refractivity contribution in [3.8, 4) is 0 Å². The second-order valence-electron chi connectivity index (χ2n) is 4.59. The van der Waals surface area contributed by atoms with Crippen molar-refractivity contribution in [2.45, 2.75) is 19.4 Å². The van der Waals surface area contributed by atoms with Gasteiger partial charge < -0.3 is 10.0 Å². The number of aromatic nitrogens is 1. The van der Waals surface area contributed by atoms with E-state index < -0.39 is 6.10 Å². The van der Waals surface area contributed by atoms with E-state index in [1.165, 1.54) is 0 Å². The molecule has 1 N–H and O–H groups in total. The van der Waals surface area contributed by atoms with E-state index in [4.69, 9.17) is 0 Å². The van der Waals surface area contributed by atoms with Gasteiger partial charge in [-0.1, -0.05) is 12.1 Å². The van der Waals surface area contributed by atoms with Gasteiger partial charge in [0, 0.05) is 37.3 Å². The van der Waals surface area contributed by atoms with E-state index in [0.29, 0.717) is 6.42 Å². The topological polar surface area (TPSA) is 36.4 Å². The third-order valence-corrected chi connectivity index (χ3v) is 3.82. The molecule has 0 bridgehead atoms. The molecule has 1 unspecified atom stereocenters. The molecule has 3 nitrogen and oxygen atoms in total. The number of aryl methyl sites for hydroxylation is 1. The predicted octanol–water partition coefficient (Wildman–Crippen LogP) is 2.79. The Kier molecular flexibility index (Phi) is 3.99. The van der Waals surface area contributed by atoms with Crippen LogP contribution in [0.2, 0.25) is 0 Å². The SMILES string of the molecule is Cc1csc(CC(O)c2ccc(N(C)C)cc2)n1. The predicted molar refractivity (Wildman–Crippen MR) is 76.3 cm³/mol. The molecule has 1 heterocycles. The van der Waals surface area contributed by atoms with Crippen LogP contribution in [0.4, 0.5) is 5.69 Å². The highest BCUT2D eigenvalue weighted by atomic mass is 32.1. The maximum Gasteiger partial charge on any atom is 0.0957 e. The Morgan fingerprint density at radius 2 is 1.94 bits per heavy atom. The van der Waals surface area contributed by atoms with Crippen LogP contribution < -0.4 is 4.90 Å². The lowest BCUT2D eigenvalue weighted by atomic mass is 10.1. The van der Waals surface area contributed by atoms with Gasteiger partial charge in [-0.05, 0) is 24.6 Å². The Hall–Kier alpha value is -1.39. The molecule has 0 radical (unpaired) electrons. The standard InChI is InChI=1S/C14H18N2OS/c1-10-9-18-14(15-10)8-13(17)11-4-6-12(7-5-11)16(2)3/h4-7,9,13,17H,8H2,1-3H3. The van der Waals surface area contributed by atoms with Gasteiger partial charge in [0.05, 0.1) is 11.1 Å². The molecule has 0 amide bonds. The zero-order valence-corrected chi connectivity index (χ0v) is 11.7. The van der Waals surface area contributed by atoms with Crippen LogP contribution in [-0.2, 0) is 6.42 Å². The third-order valence-electron chi connectivity index (χ3n) is 2.83. The monoisotopic (exact) mass is 262 g/mol. The number of hydrogen-bond donors (Lipinski definition) is 1. The molecule has 0 aliphatic carbocycles. The van der Waals surface area contributed by atoms with Crippen LogP contribution >= 0.6 is 11.3 Å². The van der Waals surface area contributed by atoms with Crippen molar-refractivity contribution in [3.05, 3.63) is 45.9 Å². The van der Waals surface area contributed by atoms with Crippen LogP contribution in [0, 0.1) is 6.92 Å². The van der Waals surface area contributed by atoms with Gasteiger partial charge in [0.2, 0.25) is 0 Å². The smallest absolute Gasteiger partial charge is 0.0957 e. The molecule has 96 valence electrons. The maximum absolute atomic E-state index is 10.2. The first-order valence-electron chi connectivity index (χ1n) is 5.92. The van der Waals surface area contributed by atoms with Gasteiger partial charge in [0.25, 0.3) is 0 Å². The molecular formula is C14H18N2OS. The molecule has 0 spiro atoms. The summed E-state index contributed by atoms with van der Waals surface area (Å²) in [4.78, 5) is 6.41. The molecule has 0 fully saturated rings. The number of thiazole rings is 1. The third kappa shape index (κ3) is 3.09. The van der Waals surface area contributed by atoms with Gasteiger partial charge in [0.15, 0.2) is 0 Å². The molecule has 0 aliphatic rings. The van der Waals surface area contributed by atoms with E-state index in [1.54, 1.807) is 11.3 Å². The molecule has 0 aliphatic heterocycles. The van der Waals surface area contributed by atoms with E-state index in [0.717, 1.165) is 22.0 Å². The fourth-order valence-corrected chi connectivity index (χ4v) is 2.58. The number of rotatable bonds is 4. The Morgan fingerprint density at radius 1 is 1.28 bits per heavy atom. The maximum atomic E-state index is 10.2. The molecule has 1 atom stereocenters. The van der Waals surface area contributed by atoms with E-state index in [-0.39, 0.29) is 0 Å². The average Bonchev–Trinajstić information content (AvgIpc) is 2.75. The van der Waals surface area contributed by atoms with Gasteiger partial charge in [-0.25, -0.2) is 4.98 Å². The van der Waals surface area contributed by atoms with Gasteiger partial charge in [-0.3, -0.25) is 0 Å². The average molecular weight is 262 g/mol. The van der Waals surface area contributed by atoms with Gasteiger partial charge in [-0.2, -0.15) is 0 Å². The molecular weight excluding hydrogens is 244 g/mol. The number of aliphatic hydroxyl groups excluding tert-OH is 1. The number of anilines is 1. The largest absolute Gasteiger partial charge is 0.388 e. The Morgan fingerprint density at radius 3 is 2.44 bits per heavy atom. The molecule has 0 saturated heterocycles. The normalized spacial score (nSPS) is 12.4. The summed E-state index contributed by atoms with van der Waals surface area (Å²) in [6.07, 6.45) is 0.103. The second-order valence-corrected chi connectivity index (χ2v) is 5.53. The van der Waals surface area contributed by atoms with Crippen LogP contribution in [0.1, 0.15) is 22.4 Å². The number of hydrogen-bond acceptors (Lipinski definition) is 4. The van der Waals surface area contributed by atoms with E-state index in [1.807, 2.05) is 55.6 Å². The minimum Gasteiger partial charge on any atom is -0.388 e. The van der Waals surface area contributed by atoms with Crippen LogP contribution in [0.5, 0.6) is 0 Å². The van der Waals surface area contributed by atoms with Crippen LogP contribution in [0.25, 0.3) is 0 Å². The molecule has 2 aromatic rings. The molecule has 1 aromatic carbocycles. The van der Waals surface area contributed by atoms with Crippen LogP contribution in [-0.4, -0.2) is 24.2 Å². The summed E-state index contributed by atoms with van der Waals surface area (Å²) in [6, 6.07) is 7.98. The van der Waals surface area contributed by atoms with Crippen molar-refractivity contribution in [2.75, 3.05) is 19.0 Å². The highest BCUT2D eigenvalue weighted by Gasteiger charge is 2.11. The van der Waals surface area contributed by atoms with Crippen molar-refractivity contribution < 1.29 is 5.11 Å². The van der Waals surface area contributed by atoms with Gasteiger partial charge in [-0.15, -0.1) is 11.3 Å². The quantitative estimate of drug-likeness (QED) is 0.920. The number of benzene rings is 1. The van der Waals surface area contributed by atoms with Gasteiger partial charge >= 0.3 is 0 Å². The highest BCUT2D eigenvalue weighted by Crippen LogP contribution is 2.22. The minimum absolute atomic E-state index is 0.480. The summed E-state index contributed by atoms with van der Waals surface area (Å²) in [5, 5.41) is 13.2. The highest BCUT2D eigenvalue weighted by molar-refractivity contribution is 7.09. The number of nitrogens with zero attached hydrogens (tertiary/aromatic N) is 2. The van der Waals surface area contributed by atoms with E-state index >= 15 is 0 Å². The van der Waals surface area contributed by atoms with Crippen LogP contribution in [0.15, 0.2) is 29.6 Å². The molecule has 0 saturated carbocycles. The first-order valence-corrected chi connectivity index (χ1v) is 6.80. The first-order chi connectivity index (χ1) is 8.56.